The molecule has 0 aliphatic rings. The average Bonchev–Trinajstić information content (AvgIpc) is 3.35. The van der Waals surface area contributed by atoms with Gasteiger partial charge in [-0.05, 0) is 50.5 Å². The van der Waals surface area contributed by atoms with Crippen LogP contribution in [0.2, 0.25) is 0 Å². The number of hydrogen-bond donors (Lipinski definition) is 2. The highest BCUT2D eigenvalue weighted by Gasteiger charge is 2.14. The van der Waals surface area contributed by atoms with E-state index in [4.69, 9.17) is 9.72 Å². The van der Waals surface area contributed by atoms with E-state index in [2.05, 4.69) is 36.4 Å². The molecule has 3 heterocycles. The number of H-pyrrole nitrogens is 1. The highest BCUT2D eigenvalue weighted by Crippen LogP contribution is 2.34. The van der Waals surface area contributed by atoms with Gasteiger partial charge in [0.1, 0.15) is 24.5 Å². The summed E-state index contributed by atoms with van der Waals surface area (Å²) in [6, 6.07) is 15.9. The number of ether oxygens (including phenoxy) is 1. The number of benzene rings is 2. The summed E-state index contributed by atoms with van der Waals surface area (Å²) in [7, 11) is 4.06. The first-order chi connectivity index (χ1) is 15.7. The summed E-state index contributed by atoms with van der Waals surface area (Å²) in [6.45, 7) is 1.52. The Labute approximate surface area is 185 Å². The van der Waals surface area contributed by atoms with Crippen LogP contribution < -0.4 is 10.1 Å². The molecule has 0 amide bonds. The third-order valence-corrected chi connectivity index (χ3v) is 5.22. The van der Waals surface area contributed by atoms with Gasteiger partial charge >= 0.3 is 0 Å². The molecule has 160 valence electrons. The molecule has 0 spiro atoms. The zero-order valence-electron chi connectivity index (χ0n) is 17.9. The van der Waals surface area contributed by atoms with Gasteiger partial charge in [0, 0.05) is 46.3 Å². The summed E-state index contributed by atoms with van der Waals surface area (Å²) in [4.78, 5) is 15.7. The number of rotatable bonds is 7. The van der Waals surface area contributed by atoms with Crippen LogP contribution >= 0.6 is 0 Å². The quantitative estimate of drug-likeness (QED) is 0.377. The molecule has 0 radical (unpaired) electrons. The first-order valence-corrected chi connectivity index (χ1v) is 10.4. The van der Waals surface area contributed by atoms with Gasteiger partial charge in [0.05, 0.1) is 5.52 Å². The number of pyridine rings is 2. The van der Waals surface area contributed by atoms with Gasteiger partial charge in [-0.2, -0.15) is 5.10 Å². The SMILES string of the molecule is CN(C)CCOc1ccc(Nc2nc3c(-c4ncn[nH]4)cccc3c3cnccc23)cc1. The third-order valence-electron chi connectivity index (χ3n) is 5.22. The average molecular weight is 425 g/mol. The lowest BCUT2D eigenvalue weighted by molar-refractivity contribution is 0.261. The molecular formula is C24H23N7O. The maximum absolute atomic E-state index is 5.80. The van der Waals surface area contributed by atoms with Crippen LogP contribution in [0.15, 0.2) is 67.3 Å². The van der Waals surface area contributed by atoms with Crippen LogP contribution in [0.1, 0.15) is 0 Å². The largest absolute Gasteiger partial charge is 0.492 e. The van der Waals surface area contributed by atoms with Crippen LogP contribution in [0.4, 0.5) is 11.5 Å². The van der Waals surface area contributed by atoms with Gasteiger partial charge in [0.15, 0.2) is 5.82 Å². The van der Waals surface area contributed by atoms with E-state index in [1.54, 1.807) is 6.20 Å². The number of anilines is 2. The summed E-state index contributed by atoms with van der Waals surface area (Å²) in [5, 5.41) is 13.4. The van der Waals surface area contributed by atoms with E-state index in [0.717, 1.165) is 51.0 Å². The lowest BCUT2D eigenvalue weighted by Gasteiger charge is -2.14. The minimum atomic E-state index is 0.647. The summed E-state index contributed by atoms with van der Waals surface area (Å²) in [5.74, 6) is 2.27. The molecule has 0 aliphatic heterocycles. The van der Waals surface area contributed by atoms with Crippen LogP contribution in [-0.4, -0.2) is 57.3 Å². The second-order valence-electron chi connectivity index (χ2n) is 7.72. The van der Waals surface area contributed by atoms with Crippen molar-refractivity contribution in [1.29, 1.82) is 0 Å². The van der Waals surface area contributed by atoms with Gasteiger partial charge in [-0.1, -0.05) is 12.1 Å². The molecule has 0 bridgehead atoms. The molecule has 2 aromatic carbocycles. The van der Waals surface area contributed by atoms with Crippen LogP contribution in [-0.2, 0) is 0 Å². The Kier molecular flexibility index (Phi) is 5.35. The fourth-order valence-electron chi connectivity index (χ4n) is 3.61. The van der Waals surface area contributed by atoms with E-state index in [1.165, 1.54) is 6.33 Å². The van der Waals surface area contributed by atoms with Crippen molar-refractivity contribution in [1.82, 2.24) is 30.0 Å². The van der Waals surface area contributed by atoms with Crippen LogP contribution in [0.5, 0.6) is 5.75 Å². The summed E-state index contributed by atoms with van der Waals surface area (Å²) < 4.78 is 5.80. The number of likely N-dealkylation sites (N-methyl/N-ethyl adjacent to an activating group) is 1. The summed E-state index contributed by atoms with van der Waals surface area (Å²) in [5.41, 5.74) is 2.64. The number of aromatic amines is 1. The summed E-state index contributed by atoms with van der Waals surface area (Å²) >= 11 is 0. The monoisotopic (exact) mass is 425 g/mol. The van der Waals surface area contributed by atoms with Gasteiger partial charge in [-0.25, -0.2) is 9.97 Å². The van der Waals surface area contributed by atoms with Crippen molar-refractivity contribution >= 4 is 33.2 Å². The van der Waals surface area contributed by atoms with E-state index >= 15 is 0 Å². The Bertz CT molecular complexity index is 1350. The minimum absolute atomic E-state index is 0.647. The Morgan fingerprint density at radius 3 is 2.66 bits per heavy atom. The van der Waals surface area contributed by atoms with E-state index in [9.17, 15) is 0 Å². The van der Waals surface area contributed by atoms with Crippen molar-refractivity contribution in [3.63, 3.8) is 0 Å². The molecule has 32 heavy (non-hydrogen) atoms. The first kappa shape index (κ1) is 19.9. The maximum atomic E-state index is 5.80. The van der Waals surface area contributed by atoms with E-state index in [0.29, 0.717) is 12.4 Å². The van der Waals surface area contributed by atoms with Crippen molar-refractivity contribution < 1.29 is 4.74 Å². The zero-order valence-corrected chi connectivity index (χ0v) is 17.9. The maximum Gasteiger partial charge on any atom is 0.157 e. The molecule has 0 aliphatic carbocycles. The molecule has 3 aromatic heterocycles. The number of hydrogen-bond acceptors (Lipinski definition) is 7. The van der Waals surface area contributed by atoms with Gasteiger partial charge in [0.25, 0.3) is 0 Å². The predicted octanol–water partition coefficient (Wildman–Crippen LogP) is 4.25. The molecule has 0 unspecified atom stereocenters. The van der Waals surface area contributed by atoms with Crippen molar-refractivity contribution in [3.8, 4) is 17.1 Å². The van der Waals surface area contributed by atoms with Crippen molar-refractivity contribution in [3.05, 3.63) is 67.3 Å². The standard InChI is InChI=1S/C24H23N7O/c1-31(2)12-13-32-17-8-6-16(7-9-17)28-24-19-10-11-25-14-21(19)18-4-3-5-20(22(18)29-24)23-26-15-27-30-23/h3-11,14-15H,12-13H2,1-2H3,(H,28,29)(H,26,27,30). The second-order valence-corrected chi connectivity index (χ2v) is 7.72. The fraction of sp³-hybridized carbons (Fsp3) is 0.167. The van der Waals surface area contributed by atoms with Gasteiger partial charge < -0.3 is 15.0 Å². The Morgan fingerprint density at radius 1 is 1.00 bits per heavy atom. The van der Waals surface area contributed by atoms with Gasteiger partial charge in [-0.3, -0.25) is 10.1 Å². The number of para-hydroxylation sites is 1. The molecule has 0 saturated carbocycles. The third kappa shape index (κ3) is 3.95. The molecule has 2 N–H and O–H groups in total. The molecule has 8 heteroatoms. The van der Waals surface area contributed by atoms with Crippen molar-refractivity contribution in [2.45, 2.75) is 0 Å². The predicted molar refractivity (Wildman–Crippen MR) is 126 cm³/mol. The highest BCUT2D eigenvalue weighted by atomic mass is 16.5. The Balaban J connectivity index is 1.53. The minimum Gasteiger partial charge on any atom is -0.492 e. The Morgan fingerprint density at radius 2 is 1.88 bits per heavy atom. The van der Waals surface area contributed by atoms with Gasteiger partial charge in [0.2, 0.25) is 0 Å². The van der Waals surface area contributed by atoms with E-state index in [1.807, 2.05) is 62.8 Å². The molecule has 0 atom stereocenters. The normalized spacial score (nSPS) is 11.3. The lowest BCUT2D eigenvalue weighted by Crippen LogP contribution is -2.19. The molecule has 8 nitrogen and oxygen atoms in total. The first-order valence-electron chi connectivity index (χ1n) is 10.4. The smallest absolute Gasteiger partial charge is 0.157 e. The van der Waals surface area contributed by atoms with E-state index < -0.39 is 0 Å². The lowest BCUT2D eigenvalue weighted by atomic mass is 10.0. The van der Waals surface area contributed by atoms with Crippen LogP contribution in [0.25, 0.3) is 33.1 Å². The molecule has 5 rings (SSSR count). The number of nitrogens with one attached hydrogen (secondary N) is 2. The van der Waals surface area contributed by atoms with Gasteiger partial charge in [-0.15, -0.1) is 0 Å². The number of fused-ring (bicyclic) bond motifs is 3. The topological polar surface area (TPSA) is 91.9 Å². The number of aromatic nitrogens is 5. The summed E-state index contributed by atoms with van der Waals surface area (Å²) in [6.07, 6.45) is 5.15. The fourth-order valence-corrected chi connectivity index (χ4v) is 3.61. The molecular weight excluding hydrogens is 402 g/mol. The highest BCUT2D eigenvalue weighted by molar-refractivity contribution is 6.13. The molecule has 0 fully saturated rings. The van der Waals surface area contributed by atoms with Crippen LogP contribution in [0, 0.1) is 0 Å². The van der Waals surface area contributed by atoms with E-state index in [-0.39, 0.29) is 0 Å². The van der Waals surface area contributed by atoms with Crippen molar-refractivity contribution in [2.75, 3.05) is 32.6 Å². The second kappa shape index (κ2) is 8.60. The molecule has 5 aromatic rings. The molecule has 0 saturated heterocycles. The zero-order chi connectivity index (χ0) is 21.9. The Hall–Kier alpha value is -4.04. The number of nitrogens with zero attached hydrogens (tertiary/aromatic N) is 5. The van der Waals surface area contributed by atoms with Crippen molar-refractivity contribution in [2.24, 2.45) is 0 Å². The van der Waals surface area contributed by atoms with Crippen LogP contribution in [0.3, 0.4) is 0 Å².